The van der Waals surface area contributed by atoms with Gasteiger partial charge in [-0.1, -0.05) is 30.3 Å². The lowest BCUT2D eigenvalue weighted by Crippen LogP contribution is -2.34. The largest absolute Gasteiger partial charge is 0.452 e. The van der Waals surface area contributed by atoms with Crippen molar-refractivity contribution in [2.75, 3.05) is 6.54 Å². The van der Waals surface area contributed by atoms with E-state index in [0.29, 0.717) is 6.54 Å². The molecule has 3 atom stereocenters. The Kier molecular flexibility index (Phi) is 4.80. The highest BCUT2D eigenvalue weighted by Gasteiger charge is 2.38. The van der Waals surface area contributed by atoms with Crippen LogP contribution in [0.1, 0.15) is 31.9 Å². The third kappa shape index (κ3) is 3.44. The van der Waals surface area contributed by atoms with Crippen molar-refractivity contribution in [2.45, 2.75) is 32.4 Å². The molecule has 0 radical (unpaired) electrons. The van der Waals surface area contributed by atoms with Gasteiger partial charge in [0.25, 0.3) is 5.91 Å². The Morgan fingerprint density at radius 1 is 1.27 bits per heavy atom. The van der Waals surface area contributed by atoms with Crippen molar-refractivity contribution < 1.29 is 19.1 Å². The molecule has 1 aromatic rings. The maximum Gasteiger partial charge on any atom is 0.312 e. The van der Waals surface area contributed by atoms with E-state index in [9.17, 15) is 14.4 Å². The second kappa shape index (κ2) is 6.60. The Balaban J connectivity index is 2.01. The minimum Gasteiger partial charge on any atom is -0.452 e. The monoisotopic (exact) mass is 304 g/mol. The number of hydrogen-bond donors (Lipinski definition) is 1. The molecule has 0 bridgehead atoms. The zero-order valence-corrected chi connectivity index (χ0v) is 12.7. The fourth-order valence-electron chi connectivity index (χ4n) is 2.50. The molecule has 0 saturated carbocycles. The molecule has 0 aromatic heterocycles. The number of nitrogens with two attached hydrogens (primary N) is 1. The molecule has 118 valence electrons. The van der Waals surface area contributed by atoms with Crippen LogP contribution < -0.4 is 5.73 Å². The summed E-state index contributed by atoms with van der Waals surface area (Å²) in [6, 6.07) is 9.50. The number of esters is 1. The summed E-state index contributed by atoms with van der Waals surface area (Å²) in [6.07, 6.45) is -0.884. The fourth-order valence-corrected chi connectivity index (χ4v) is 2.50. The Morgan fingerprint density at radius 2 is 1.91 bits per heavy atom. The summed E-state index contributed by atoms with van der Waals surface area (Å²) >= 11 is 0. The predicted octanol–water partition coefficient (Wildman–Crippen LogP) is 1.01. The molecule has 2 rings (SSSR count). The van der Waals surface area contributed by atoms with Crippen molar-refractivity contribution in [3.63, 3.8) is 0 Å². The highest BCUT2D eigenvalue weighted by Crippen LogP contribution is 2.29. The van der Waals surface area contributed by atoms with E-state index in [0.717, 1.165) is 5.56 Å². The lowest BCUT2D eigenvalue weighted by atomic mass is 10.1. The van der Waals surface area contributed by atoms with Crippen LogP contribution >= 0.6 is 0 Å². The Labute approximate surface area is 129 Å². The van der Waals surface area contributed by atoms with Crippen LogP contribution in [0.5, 0.6) is 0 Å². The van der Waals surface area contributed by atoms with Gasteiger partial charge in [0.15, 0.2) is 6.10 Å². The first kappa shape index (κ1) is 16.0. The molecule has 1 fully saturated rings. The minimum absolute atomic E-state index is 0.0926. The molecule has 1 saturated heterocycles. The van der Waals surface area contributed by atoms with E-state index >= 15 is 0 Å². The summed E-state index contributed by atoms with van der Waals surface area (Å²) in [5, 5.41) is 0. The van der Waals surface area contributed by atoms with E-state index in [1.165, 1.54) is 6.92 Å². The molecule has 0 aliphatic carbocycles. The second-order valence-electron chi connectivity index (χ2n) is 5.52. The van der Waals surface area contributed by atoms with Crippen LogP contribution in [-0.2, 0) is 19.1 Å². The fraction of sp³-hybridized carbons (Fsp3) is 0.438. The summed E-state index contributed by atoms with van der Waals surface area (Å²) in [4.78, 5) is 36.8. The number of rotatable bonds is 5. The van der Waals surface area contributed by atoms with Gasteiger partial charge in [-0.2, -0.15) is 0 Å². The van der Waals surface area contributed by atoms with Gasteiger partial charge >= 0.3 is 5.97 Å². The van der Waals surface area contributed by atoms with Gasteiger partial charge in [-0.05, 0) is 19.4 Å². The van der Waals surface area contributed by atoms with Gasteiger partial charge in [-0.3, -0.25) is 14.4 Å². The van der Waals surface area contributed by atoms with Gasteiger partial charge in [0.05, 0.1) is 12.0 Å². The number of nitrogens with zero attached hydrogens (tertiary/aromatic N) is 1. The van der Waals surface area contributed by atoms with Crippen molar-refractivity contribution in [1.82, 2.24) is 4.90 Å². The second-order valence-corrected chi connectivity index (χ2v) is 5.52. The molecule has 0 unspecified atom stereocenters. The molecule has 2 amide bonds. The maximum atomic E-state index is 12.2. The molecule has 6 heteroatoms. The normalized spacial score (nSPS) is 20.5. The number of amides is 2. The predicted molar refractivity (Wildman–Crippen MR) is 79.4 cm³/mol. The van der Waals surface area contributed by atoms with Crippen LogP contribution in [0, 0.1) is 5.92 Å². The highest BCUT2D eigenvalue weighted by atomic mass is 16.5. The first-order chi connectivity index (χ1) is 10.4. The molecule has 6 nitrogen and oxygen atoms in total. The molecule has 2 N–H and O–H groups in total. The zero-order valence-electron chi connectivity index (χ0n) is 12.7. The number of primary amides is 1. The molecule has 0 spiro atoms. The van der Waals surface area contributed by atoms with Gasteiger partial charge in [0.1, 0.15) is 0 Å². The minimum atomic E-state index is -0.983. The Morgan fingerprint density at radius 3 is 2.50 bits per heavy atom. The third-order valence-corrected chi connectivity index (χ3v) is 3.93. The zero-order chi connectivity index (χ0) is 16.3. The molecular formula is C16H20N2O4. The molecule has 1 aliphatic rings. The first-order valence-corrected chi connectivity index (χ1v) is 7.24. The van der Waals surface area contributed by atoms with Crippen molar-refractivity contribution in [3.8, 4) is 0 Å². The lowest BCUT2D eigenvalue weighted by Gasteiger charge is -2.25. The van der Waals surface area contributed by atoms with E-state index in [1.54, 1.807) is 4.90 Å². The van der Waals surface area contributed by atoms with E-state index in [2.05, 4.69) is 0 Å². The molecule has 1 aliphatic heterocycles. The topological polar surface area (TPSA) is 89.7 Å². The summed E-state index contributed by atoms with van der Waals surface area (Å²) in [6.45, 7) is 3.63. The van der Waals surface area contributed by atoms with E-state index < -0.39 is 23.9 Å². The highest BCUT2D eigenvalue weighted by molar-refractivity contribution is 5.88. The van der Waals surface area contributed by atoms with E-state index in [1.807, 2.05) is 37.3 Å². The van der Waals surface area contributed by atoms with Gasteiger partial charge in [0.2, 0.25) is 5.91 Å². The smallest absolute Gasteiger partial charge is 0.312 e. The standard InChI is InChI=1S/C16H20N2O4/c1-10(12-6-4-3-5-7-12)18-9-13(8-14(18)19)16(21)22-11(2)15(17)20/h3-7,10-11,13H,8-9H2,1-2H3,(H2,17,20)/t10-,11-,13+/m0/s1. The average Bonchev–Trinajstić information content (AvgIpc) is 2.89. The van der Waals surface area contributed by atoms with Crippen molar-refractivity contribution in [2.24, 2.45) is 11.7 Å². The maximum absolute atomic E-state index is 12.2. The van der Waals surface area contributed by atoms with Crippen LogP contribution in [0.4, 0.5) is 0 Å². The van der Waals surface area contributed by atoms with Gasteiger partial charge in [-0.15, -0.1) is 0 Å². The molecular weight excluding hydrogens is 284 g/mol. The molecule has 1 aromatic carbocycles. The van der Waals surface area contributed by atoms with Crippen molar-refractivity contribution in [1.29, 1.82) is 0 Å². The number of likely N-dealkylation sites (tertiary alicyclic amines) is 1. The van der Waals surface area contributed by atoms with E-state index in [4.69, 9.17) is 10.5 Å². The third-order valence-electron chi connectivity index (χ3n) is 3.93. The quantitative estimate of drug-likeness (QED) is 0.822. The van der Waals surface area contributed by atoms with Crippen molar-refractivity contribution >= 4 is 17.8 Å². The Hall–Kier alpha value is -2.37. The van der Waals surface area contributed by atoms with Crippen LogP contribution in [0.15, 0.2) is 30.3 Å². The number of benzene rings is 1. The summed E-state index contributed by atoms with van der Waals surface area (Å²) in [5.74, 6) is -1.90. The van der Waals surface area contributed by atoms with Crippen molar-refractivity contribution in [3.05, 3.63) is 35.9 Å². The number of ether oxygens (including phenoxy) is 1. The van der Waals surface area contributed by atoms with E-state index in [-0.39, 0.29) is 18.4 Å². The van der Waals surface area contributed by atoms with Crippen LogP contribution in [0.25, 0.3) is 0 Å². The number of carbonyl (C=O) groups excluding carboxylic acids is 3. The van der Waals surface area contributed by atoms with Crippen LogP contribution in [0.2, 0.25) is 0 Å². The average molecular weight is 304 g/mol. The molecule has 1 heterocycles. The SMILES string of the molecule is C[C@H](OC(=O)[C@@H]1CC(=O)N([C@@H](C)c2ccccc2)C1)C(N)=O. The summed E-state index contributed by atoms with van der Waals surface area (Å²) in [5.41, 5.74) is 6.08. The van der Waals surface area contributed by atoms with Gasteiger partial charge in [-0.25, -0.2) is 0 Å². The summed E-state index contributed by atoms with van der Waals surface area (Å²) in [7, 11) is 0. The number of carbonyl (C=O) groups is 3. The number of hydrogen-bond acceptors (Lipinski definition) is 4. The first-order valence-electron chi connectivity index (χ1n) is 7.24. The Bertz CT molecular complexity index is 573. The lowest BCUT2D eigenvalue weighted by molar-refractivity contribution is -0.157. The van der Waals surface area contributed by atoms with Gasteiger partial charge in [0, 0.05) is 13.0 Å². The van der Waals surface area contributed by atoms with Crippen LogP contribution in [0.3, 0.4) is 0 Å². The van der Waals surface area contributed by atoms with Gasteiger partial charge < -0.3 is 15.4 Å². The molecule has 22 heavy (non-hydrogen) atoms. The van der Waals surface area contributed by atoms with Crippen LogP contribution in [-0.4, -0.2) is 35.3 Å². The summed E-state index contributed by atoms with van der Waals surface area (Å²) < 4.78 is 4.99.